The van der Waals surface area contributed by atoms with Gasteiger partial charge in [0.25, 0.3) is 5.91 Å². The van der Waals surface area contributed by atoms with E-state index in [0.717, 1.165) is 23.4 Å². The number of ether oxygens (including phenoxy) is 1. The molecule has 0 radical (unpaired) electrons. The second-order valence-electron chi connectivity index (χ2n) is 6.61. The standard InChI is InChI=1S/C19H23N3O3/c1-11-10-15-8-6-7-9-16(15)22(11)18(23)14(4)25-19(24)17-12(2)20-21(5)13(17)3/h6-9,11,14H,10H2,1-5H3/t11-,14+/m0/s1. The van der Waals surface area contributed by atoms with Crippen LogP contribution in [0.4, 0.5) is 5.69 Å². The molecule has 1 aliphatic rings. The highest BCUT2D eigenvalue weighted by Gasteiger charge is 2.35. The van der Waals surface area contributed by atoms with Crippen molar-refractivity contribution in [3.05, 3.63) is 46.8 Å². The second kappa shape index (κ2) is 6.35. The number of carbonyl (C=O) groups excluding carboxylic acids is 2. The van der Waals surface area contributed by atoms with Crippen LogP contribution in [0.5, 0.6) is 0 Å². The van der Waals surface area contributed by atoms with E-state index in [1.165, 1.54) is 0 Å². The summed E-state index contributed by atoms with van der Waals surface area (Å²) < 4.78 is 7.10. The first-order chi connectivity index (χ1) is 11.8. The number of esters is 1. The number of hydrogen-bond acceptors (Lipinski definition) is 4. The summed E-state index contributed by atoms with van der Waals surface area (Å²) in [6.07, 6.45) is -0.0521. The Morgan fingerprint density at radius 2 is 1.96 bits per heavy atom. The minimum Gasteiger partial charge on any atom is -0.449 e. The van der Waals surface area contributed by atoms with Crippen LogP contribution in [0.25, 0.3) is 0 Å². The summed E-state index contributed by atoms with van der Waals surface area (Å²) in [6.45, 7) is 7.19. The molecule has 0 N–H and O–H groups in total. The molecule has 6 nitrogen and oxygen atoms in total. The Bertz CT molecular complexity index is 840. The Kier molecular flexibility index (Phi) is 4.37. The van der Waals surface area contributed by atoms with Gasteiger partial charge >= 0.3 is 5.97 Å². The minimum atomic E-state index is -0.861. The van der Waals surface area contributed by atoms with E-state index < -0.39 is 12.1 Å². The topological polar surface area (TPSA) is 64.4 Å². The molecule has 0 aliphatic carbocycles. The van der Waals surface area contributed by atoms with E-state index in [1.807, 2.05) is 38.1 Å². The van der Waals surface area contributed by atoms with Crippen LogP contribution in [0.15, 0.2) is 24.3 Å². The van der Waals surface area contributed by atoms with Gasteiger partial charge in [0.15, 0.2) is 6.10 Å². The molecular formula is C19H23N3O3. The monoisotopic (exact) mass is 341 g/mol. The van der Waals surface area contributed by atoms with Crippen molar-refractivity contribution in [2.24, 2.45) is 7.05 Å². The number of fused-ring (bicyclic) bond motifs is 1. The van der Waals surface area contributed by atoms with E-state index in [9.17, 15) is 9.59 Å². The van der Waals surface area contributed by atoms with E-state index in [2.05, 4.69) is 5.10 Å². The Labute approximate surface area is 147 Å². The summed E-state index contributed by atoms with van der Waals surface area (Å²) in [5.74, 6) is -0.714. The number of amides is 1. The third-order valence-corrected chi connectivity index (χ3v) is 4.79. The number of carbonyl (C=O) groups is 2. The normalized spacial score (nSPS) is 17.3. The molecule has 0 bridgehead atoms. The number of nitrogens with zero attached hydrogens (tertiary/aromatic N) is 3. The largest absolute Gasteiger partial charge is 0.449 e. The zero-order chi connectivity index (χ0) is 18.3. The minimum absolute atomic E-state index is 0.0490. The summed E-state index contributed by atoms with van der Waals surface area (Å²) >= 11 is 0. The lowest BCUT2D eigenvalue weighted by Crippen LogP contribution is -2.43. The molecule has 132 valence electrons. The van der Waals surface area contributed by atoms with Crippen molar-refractivity contribution in [1.82, 2.24) is 9.78 Å². The Balaban J connectivity index is 1.78. The molecular weight excluding hydrogens is 318 g/mol. The van der Waals surface area contributed by atoms with Crippen molar-refractivity contribution >= 4 is 17.6 Å². The highest BCUT2D eigenvalue weighted by molar-refractivity contribution is 6.01. The van der Waals surface area contributed by atoms with Crippen molar-refractivity contribution in [3.8, 4) is 0 Å². The maximum atomic E-state index is 12.9. The van der Waals surface area contributed by atoms with Crippen molar-refractivity contribution in [1.29, 1.82) is 0 Å². The van der Waals surface area contributed by atoms with Gasteiger partial charge in [0.2, 0.25) is 0 Å². The van der Waals surface area contributed by atoms with Crippen LogP contribution in [0.1, 0.15) is 41.2 Å². The fraction of sp³-hybridized carbons (Fsp3) is 0.421. The highest BCUT2D eigenvalue weighted by Crippen LogP contribution is 2.32. The van der Waals surface area contributed by atoms with Crippen LogP contribution in [0.2, 0.25) is 0 Å². The first-order valence-corrected chi connectivity index (χ1v) is 8.43. The van der Waals surface area contributed by atoms with Gasteiger partial charge in [-0.25, -0.2) is 4.79 Å². The maximum absolute atomic E-state index is 12.9. The van der Waals surface area contributed by atoms with Gasteiger partial charge in [0.1, 0.15) is 5.56 Å². The fourth-order valence-corrected chi connectivity index (χ4v) is 3.44. The molecule has 1 amide bonds. The number of para-hydroxylation sites is 1. The fourth-order valence-electron chi connectivity index (χ4n) is 3.44. The average molecular weight is 341 g/mol. The average Bonchev–Trinajstić information content (AvgIpc) is 3.01. The molecule has 0 saturated carbocycles. The molecule has 1 aromatic carbocycles. The first-order valence-electron chi connectivity index (χ1n) is 8.43. The second-order valence-corrected chi connectivity index (χ2v) is 6.61. The van der Waals surface area contributed by atoms with E-state index >= 15 is 0 Å². The summed E-state index contributed by atoms with van der Waals surface area (Å²) in [4.78, 5) is 27.1. The number of aryl methyl sites for hydroxylation is 2. The predicted molar refractivity (Wildman–Crippen MR) is 94.7 cm³/mol. The SMILES string of the molecule is Cc1nn(C)c(C)c1C(=O)O[C@H](C)C(=O)N1c2ccccc2C[C@@H]1C. The van der Waals surface area contributed by atoms with Gasteiger partial charge in [0, 0.05) is 24.5 Å². The van der Waals surface area contributed by atoms with Gasteiger partial charge in [-0.1, -0.05) is 18.2 Å². The van der Waals surface area contributed by atoms with Crippen LogP contribution in [0, 0.1) is 13.8 Å². The van der Waals surface area contributed by atoms with Crippen molar-refractivity contribution < 1.29 is 14.3 Å². The Hall–Kier alpha value is -2.63. The summed E-state index contributed by atoms with van der Waals surface area (Å²) in [6, 6.07) is 7.89. The number of benzene rings is 1. The quantitative estimate of drug-likeness (QED) is 0.805. The van der Waals surface area contributed by atoms with Crippen molar-refractivity contribution in [2.75, 3.05) is 4.90 Å². The third kappa shape index (κ3) is 2.92. The van der Waals surface area contributed by atoms with Gasteiger partial charge < -0.3 is 9.64 Å². The Morgan fingerprint density at radius 3 is 2.60 bits per heavy atom. The summed E-state index contributed by atoms with van der Waals surface area (Å²) in [7, 11) is 1.77. The molecule has 0 unspecified atom stereocenters. The molecule has 0 spiro atoms. The highest BCUT2D eigenvalue weighted by atomic mass is 16.5. The zero-order valence-electron chi connectivity index (χ0n) is 15.2. The molecule has 1 aliphatic heterocycles. The molecule has 2 atom stereocenters. The lowest BCUT2D eigenvalue weighted by Gasteiger charge is -2.26. The maximum Gasteiger partial charge on any atom is 0.342 e. The molecule has 2 aromatic rings. The molecule has 2 heterocycles. The summed E-state index contributed by atoms with van der Waals surface area (Å²) in [5, 5.41) is 4.22. The molecule has 0 fully saturated rings. The molecule has 6 heteroatoms. The smallest absolute Gasteiger partial charge is 0.342 e. The first kappa shape index (κ1) is 17.2. The van der Waals surface area contributed by atoms with Crippen molar-refractivity contribution in [3.63, 3.8) is 0 Å². The van der Waals surface area contributed by atoms with Gasteiger partial charge in [-0.05, 0) is 45.7 Å². The van der Waals surface area contributed by atoms with Gasteiger partial charge in [-0.15, -0.1) is 0 Å². The Morgan fingerprint density at radius 1 is 1.28 bits per heavy atom. The van der Waals surface area contributed by atoms with Gasteiger partial charge in [0.05, 0.1) is 5.69 Å². The third-order valence-electron chi connectivity index (χ3n) is 4.79. The number of rotatable bonds is 3. The van der Waals surface area contributed by atoms with E-state index in [-0.39, 0.29) is 11.9 Å². The van der Waals surface area contributed by atoms with Crippen LogP contribution >= 0.6 is 0 Å². The summed E-state index contributed by atoms with van der Waals surface area (Å²) in [5.41, 5.74) is 3.79. The van der Waals surface area contributed by atoms with Crippen LogP contribution < -0.4 is 4.90 Å². The van der Waals surface area contributed by atoms with Gasteiger partial charge in [-0.2, -0.15) is 5.10 Å². The number of hydrogen-bond donors (Lipinski definition) is 0. The molecule has 25 heavy (non-hydrogen) atoms. The lowest BCUT2D eigenvalue weighted by molar-refractivity contribution is -0.126. The van der Waals surface area contributed by atoms with Gasteiger partial charge in [-0.3, -0.25) is 9.48 Å². The zero-order valence-corrected chi connectivity index (χ0v) is 15.2. The molecule has 3 rings (SSSR count). The van der Waals surface area contributed by atoms with Crippen LogP contribution in [0.3, 0.4) is 0 Å². The van der Waals surface area contributed by atoms with E-state index in [0.29, 0.717) is 11.3 Å². The lowest BCUT2D eigenvalue weighted by atomic mass is 10.1. The van der Waals surface area contributed by atoms with Crippen LogP contribution in [-0.4, -0.2) is 33.8 Å². The molecule has 0 saturated heterocycles. The van der Waals surface area contributed by atoms with Crippen LogP contribution in [-0.2, 0) is 23.0 Å². The van der Waals surface area contributed by atoms with E-state index in [4.69, 9.17) is 4.74 Å². The predicted octanol–water partition coefficient (Wildman–Crippen LogP) is 2.56. The van der Waals surface area contributed by atoms with Crippen molar-refractivity contribution in [2.45, 2.75) is 46.3 Å². The number of aromatic nitrogens is 2. The van der Waals surface area contributed by atoms with E-state index in [1.54, 1.807) is 30.5 Å². The number of anilines is 1. The molecule has 1 aromatic heterocycles.